The van der Waals surface area contributed by atoms with Crippen molar-refractivity contribution in [1.82, 2.24) is 14.9 Å². The number of aromatic nitrogens is 2. The molecule has 4 N–H and O–H groups in total. The molecule has 0 spiro atoms. The average Bonchev–Trinajstić information content (AvgIpc) is 3.00. The minimum Gasteiger partial charge on any atom is -0.338 e. The minimum absolute atomic E-state index is 0.188. The lowest BCUT2D eigenvalue weighted by Gasteiger charge is -2.08. The molecule has 21 heavy (non-hydrogen) atoms. The van der Waals surface area contributed by atoms with Gasteiger partial charge in [0, 0.05) is 37.7 Å². The smallest absolute Gasteiger partial charge is 0.319 e. The van der Waals surface area contributed by atoms with Gasteiger partial charge >= 0.3 is 6.03 Å². The summed E-state index contributed by atoms with van der Waals surface area (Å²) in [7, 11) is 0. The van der Waals surface area contributed by atoms with E-state index in [9.17, 15) is 4.79 Å². The Morgan fingerprint density at radius 1 is 1.33 bits per heavy atom. The van der Waals surface area contributed by atoms with Crippen LogP contribution in [0.1, 0.15) is 18.4 Å². The molecule has 0 saturated heterocycles. The molecule has 0 aliphatic heterocycles. The van der Waals surface area contributed by atoms with Crippen molar-refractivity contribution in [2.45, 2.75) is 25.9 Å². The van der Waals surface area contributed by atoms with Crippen molar-refractivity contribution in [2.75, 3.05) is 11.9 Å². The monoisotopic (exact) mass is 287 g/mol. The maximum Gasteiger partial charge on any atom is 0.319 e. The summed E-state index contributed by atoms with van der Waals surface area (Å²) in [6.45, 7) is 2.03. The first-order valence-electron chi connectivity index (χ1n) is 7.07. The van der Waals surface area contributed by atoms with Crippen LogP contribution in [0.4, 0.5) is 10.5 Å². The fourth-order valence-electron chi connectivity index (χ4n) is 1.99. The van der Waals surface area contributed by atoms with Gasteiger partial charge < -0.3 is 20.9 Å². The molecular formula is C15H21N5O. The van der Waals surface area contributed by atoms with Gasteiger partial charge in [-0.05, 0) is 30.5 Å². The first-order chi connectivity index (χ1) is 10.3. The Balaban J connectivity index is 1.63. The number of urea groups is 1. The molecular weight excluding hydrogens is 266 g/mol. The van der Waals surface area contributed by atoms with Gasteiger partial charge in [-0.1, -0.05) is 12.1 Å². The number of benzene rings is 1. The standard InChI is InChI=1S/C15H21N5O/c16-11-13-4-3-5-14(10-13)19-15(21)18-6-1-2-8-20-9-7-17-12-20/h3-5,7,9-10,12H,1-2,6,8,11,16H2,(H2,18,19,21). The number of hydrogen-bond donors (Lipinski definition) is 3. The van der Waals surface area contributed by atoms with Crippen LogP contribution >= 0.6 is 0 Å². The number of imidazole rings is 1. The van der Waals surface area contributed by atoms with E-state index in [4.69, 9.17) is 5.73 Å². The predicted molar refractivity (Wildman–Crippen MR) is 82.8 cm³/mol. The Morgan fingerprint density at radius 3 is 3.00 bits per heavy atom. The highest BCUT2D eigenvalue weighted by Crippen LogP contribution is 2.09. The number of anilines is 1. The average molecular weight is 287 g/mol. The second-order valence-electron chi connectivity index (χ2n) is 4.79. The highest BCUT2D eigenvalue weighted by atomic mass is 16.2. The van der Waals surface area contributed by atoms with Crippen LogP contribution in [0.25, 0.3) is 0 Å². The molecule has 2 rings (SSSR count). The van der Waals surface area contributed by atoms with Crippen molar-refractivity contribution >= 4 is 11.7 Å². The lowest BCUT2D eigenvalue weighted by molar-refractivity contribution is 0.252. The van der Waals surface area contributed by atoms with Gasteiger partial charge in [0.05, 0.1) is 6.33 Å². The third-order valence-corrected chi connectivity index (χ3v) is 3.11. The Labute approximate surface area is 124 Å². The summed E-state index contributed by atoms with van der Waals surface area (Å²) < 4.78 is 2.03. The Kier molecular flexibility index (Phi) is 5.78. The second kappa shape index (κ2) is 8.06. The number of nitrogens with zero attached hydrogens (tertiary/aromatic N) is 2. The van der Waals surface area contributed by atoms with Crippen LogP contribution in [0.3, 0.4) is 0 Å². The van der Waals surface area contributed by atoms with E-state index in [2.05, 4.69) is 15.6 Å². The van der Waals surface area contributed by atoms with E-state index in [1.165, 1.54) is 0 Å². The number of hydrogen-bond acceptors (Lipinski definition) is 3. The molecule has 0 unspecified atom stereocenters. The van der Waals surface area contributed by atoms with Crippen LogP contribution in [-0.4, -0.2) is 22.1 Å². The molecule has 0 bridgehead atoms. The third-order valence-electron chi connectivity index (χ3n) is 3.11. The summed E-state index contributed by atoms with van der Waals surface area (Å²) in [5.41, 5.74) is 7.32. The molecule has 0 saturated carbocycles. The molecule has 6 heteroatoms. The van der Waals surface area contributed by atoms with E-state index < -0.39 is 0 Å². The SMILES string of the molecule is NCc1cccc(NC(=O)NCCCCn2ccnc2)c1. The van der Waals surface area contributed by atoms with Crippen LogP contribution in [-0.2, 0) is 13.1 Å². The van der Waals surface area contributed by atoms with Crippen molar-refractivity contribution in [3.8, 4) is 0 Å². The zero-order valence-corrected chi connectivity index (χ0v) is 12.0. The van der Waals surface area contributed by atoms with Crippen molar-refractivity contribution in [1.29, 1.82) is 0 Å². The van der Waals surface area contributed by atoms with Crippen molar-refractivity contribution < 1.29 is 4.79 Å². The van der Waals surface area contributed by atoms with Crippen molar-refractivity contribution in [3.05, 3.63) is 48.5 Å². The van der Waals surface area contributed by atoms with Gasteiger partial charge in [0.1, 0.15) is 0 Å². The molecule has 1 aromatic carbocycles. The lowest BCUT2D eigenvalue weighted by Crippen LogP contribution is -2.29. The molecule has 1 heterocycles. The number of rotatable bonds is 7. The minimum atomic E-state index is -0.188. The third kappa shape index (κ3) is 5.27. The fraction of sp³-hybridized carbons (Fsp3) is 0.333. The zero-order valence-electron chi connectivity index (χ0n) is 12.0. The number of unbranched alkanes of at least 4 members (excludes halogenated alkanes) is 1. The maximum absolute atomic E-state index is 11.7. The first kappa shape index (κ1) is 15.1. The largest absolute Gasteiger partial charge is 0.338 e. The van der Waals surface area contributed by atoms with Crippen LogP contribution in [0.5, 0.6) is 0 Å². The van der Waals surface area contributed by atoms with Crippen LogP contribution in [0, 0.1) is 0 Å². The molecule has 0 atom stereocenters. The number of aryl methyl sites for hydroxylation is 1. The molecule has 0 aliphatic rings. The molecule has 0 fully saturated rings. The van der Waals surface area contributed by atoms with Gasteiger partial charge in [-0.2, -0.15) is 0 Å². The summed E-state index contributed by atoms with van der Waals surface area (Å²) in [4.78, 5) is 15.7. The molecule has 0 aliphatic carbocycles. The first-order valence-corrected chi connectivity index (χ1v) is 7.07. The number of carbonyl (C=O) groups is 1. The van der Waals surface area contributed by atoms with E-state index in [1.54, 1.807) is 12.5 Å². The van der Waals surface area contributed by atoms with Gasteiger partial charge in [-0.15, -0.1) is 0 Å². The van der Waals surface area contributed by atoms with E-state index >= 15 is 0 Å². The van der Waals surface area contributed by atoms with E-state index in [-0.39, 0.29) is 6.03 Å². The molecule has 6 nitrogen and oxygen atoms in total. The zero-order chi connectivity index (χ0) is 14.9. The second-order valence-corrected chi connectivity index (χ2v) is 4.79. The maximum atomic E-state index is 11.7. The number of amides is 2. The number of nitrogens with two attached hydrogens (primary N) is 1. The summed E-state index contributed by atoms with van der Waals surface area (Å²) >= 11 is 0. The summed E-state index contributed by atoms with van der Waals surface area (Å²) in [5, 5.41) is 5.64. The molecule has 2 amide bonds. The summed E-state index contributed by atoms with van der Waals surface area (Å²) in [6, 6.07) is 7.34. The van der Waals surface area contributed by atoms with Crippen molar-refractivity contribution in [3.63, 3.8) is 0 Å². The Hall–Kier alpha value is -2.34. The molecule has 1 aromatic heterocycles. The van der Waals surface area contributed by atoms with Gasteiger partial charge in [0.25, 0.3) is 0 Å². The normalized spacial score (nSPS) is 10.3. The van der Waals surface area contributed by atoms with Gasteiger partial charge in [-0.25, -0.2) is 9.78 Å². The number of nitrogens with one attached hydrogen (secondary N) is 2. The lowest BCUT2D eigenvalue weighted by atomic mass is 10.2. The summed E-state index contributed by atoms with van der Waals surface area (Å²) in [5.74, 6) is 0. The summed E-state index contributed by atoms with van der Waals surface area (Å²) in [6.07, 6.45) is 7.42. The van der Waals surface area contributed by atoms with E-state index in [0.29, 0.717) is 13.1 Å². The molecule has 0 radical (unpaired) electrons. The highest BCUT2D eigenvalue weighted by Gasteiger charge is 2.01. The topological polar surface area (TPSA) is 85.0 Å². The molecule has 2 aromatic rings. The van der Waals surface area contributed by atoms with E-state index in [1.807, 2.05) is 35.0 Å². The van der Waals surface area contributed by atoms with Crippen LogP contribution in [0.2, 0.25) is 0 Å². The van der Waals surface area contributed by atoms with Gasteiger partial charge in [0.15, 0.2) is 0 Å². The Bertz CT molecular complexity index is 553. The number of carbonyl (C=O) groups excluding carboxylic acids is 1. The van der Waals surface area contributed by atoms with Gasteiger partial charge in [0.2, 0.25) is 0 Å². The Morgan fingerprint density at radius 2 is 2.24 bits per heavy atom. The van der Waals surface area contributed by atoms with Crippen LogP contribution < -0.4 is 16.4 Å². The van der Waals surface area contributed by atoms with E-state index in [0.717, 1.165) is 30.6 Å². The fourth-order valence-corrected chi connectivity index (χ4v) is 1.99. The van der Waals surface area contributed by atoms with Crippen molar-refractivity contribution in [2.24, 2.45) is 5.73 Å². The quantitative estimate of drug-likeness (QED) is 0.680. The van der Waals surface area contributed by atoms with Crippen LogP contribution in [0.15, 0.2) is 43.0 Å². The highest BCUT2D eigenvalue weighted by molar-refractivity contribution is 5.89. The van der Waals surface area contributed by atoms with Gasteiger partial charge in [-0.3, -0.25) is 0 Å². The predicted octanol–water partition coefficient (Wildman–Crippen LogP) is 1.94. The molecule has 112 valence electrons.